The number of rotatable bonds is 6. The molecule has 168 valence electrons. The number of morpholine rings is 1. The van der Waals surface area contributed by atoms with Crippen LogP contribution in [-0.4, -0.2) is 60.7 Å². The normalized spacial score (nSPS) is 14.9. The van der Waals surface area contributed by atoms with Gasteiger partial charge in [0.2, 0.25) is 10.0 Å². The van der Waals surface area contributed by atoms with E-state index in [0.717, 1.165) is 16.4 Å². The summed E-state index contributed by atoms with van der Waals surface area (Å²) in [4.78, 5) is 17.4. The number of nitrogens with one attached hydrogen (secondary N) is 1. The number of carbonyl (C=O) groups is 1. The Labute approximate surface area is 191 Å². The van der Waals surface area contributed by atoms with Gasteiger partial charge in [0, 0.05) is 42.4 Å². The molecular weight excluding hydrogens is 448 g/mol. The predicted octanol–water partition coefficient (Wildman–Crippen LogP) is 3.18. The predicted molar refractivity (Wildman–Crippen MR) is 124 cm³/mol. The molecule has 2 heterocycles. The van der Waals surface area contributed by atoms with Crippen LogP contribution in [0.3, 0.4) is 0 Å². The number of hydrogen-bond donors (Lipinski definition) is 1. The zero-order valence-electron chi connectivity index (χ0n) is 17.8. The average Bonchev–Trinajstić information content (AvgIpc) is 3.30. The van der Waals surface area contributed by atoms with Crippen LogP contribution in [0, 0.1) is 6.92 Å². The van der Waals surface area contributed by atoms with Crippen molar-refractivity contribution in [3.8, 4) is 5.69 Å². The number of amides is 1. The van der Waals surface area contributed by atoms with Gasteiger partial charge in [0.05, 0.1) is 18.1 Å². The van der Waals surface area contributed by atoms with E-state index in [0.29, 0.717) is 37.6 Å². The summed E-state index contributed by atoms with van der Waals surface area (Å²) >= 11 is 1.51. The van der Waals surface area contributed by atoms with E-state index in [1.807, 2.05) is 30.0 Å². The van der Waals surface area contributed by atoms with Crippen molar-refractivity contribution in [1.82, 2.24) is 13.9 Å². The van der Waals surface area contributed by atoms with Gasteiger partial charge in [-0.25, -0.2) is 13.4 Å². The molecule has 8 nitrogen and oxygen atoms in total. The SMILES string of the molecule is CSc1nccn1-c1cccc(C(=O)Nc2cc(S(=O)(=O)N3CCOCC3)ccc2C)c1. The van der Waals surface area contributed by atoms with Crippen molar-refractivity contribution in [2.45, 2.75) is 17.0 Å². The highest BCUT2D eigenvalue weighted by Gasteiger charge is 2.27. The number of anilines is 1. The van der Waals surface area contributed by atoms with Crippen molar-refractivity contribution in [3.63, 3.8) is 0 Å². The lowest BCUT2D eigenvalue weighted by molar-refractivity contribution is 0.0730. The quantitative estimate of drug-likeness (QED) is 0.554. The largest absolute Gasteiger partial charge is 0.379 e. The summed E-state index contributed by atoms with van der Waals surface area (Å²) in [5.74, 6) is -0.318. The van der Waals surface area contributed by atoms with Crippen LogP contribution >= 0.6 is 11.8 Å². The van der Waals surface area contributed by atoms with Gasteiger partial charge in [-0.05, 0) is 49.1 Å². The van der Waals surface area contributed by atoms with Crippen LogP contribution in [0.2, 0.25) is 0 Å². The van der Waals surface area contributed by atoms with E-state index in [2.05, 4.69) is 10.3 Å². The van der Waals surface area contributed by atoms with E-state index in [1.165, 1.54) is 22.1 Å². The monoisotopic (exact) mass is 472 g/mol. The van der Waals surface area contributed by atoms with E-state index in [-0.39, 0.29) is 10.8 Å². The number of benzene rings is 2. The summed E-state index contributed by atoms with van der Waals surface area (Å²) in [7, 11) is -3.66. The van der Waals surface area contributed by atoms with Gasteiger partial charge in [0.15, 0.2) is 5.16 Å². The van der Waals surface area contributed by atoms with E-state index >= 15 is 0 Å². The first-order chi connectivity index (χ1) is 15.4. The molecule has 1 fully saturated rings. The zero-order valence-corrected chi connectivity index (χ0v) is 19.4. The Morgan fingerprint density at radius 1 is 1.16 bits per heavy atom. The second kappa shape index (κ2) is 9.45. The van der Waals surface area contributed by atoms with Crippen LogP contribution < -0.4 is 5.32 Å². The number of nitrogens with zero attached hydrogens (tertiary/aromatic N) is 3. The topological polar surface area (TPSA) is 93.5 Å². The first kappa shape index (κ1) is 22.5. The van der Waals surface area contributed by atoms with Gasteiger partial charge in [0.1, 0.15) is 0 Å². The van der Waals surface area contributed by atoms with Gasteiger partial charge in [-0.15, -0.1) is 0 Å². The molecule has 0 atom stereocenters. The van der Waals surface area contributed by atoms with E-state index < -0.39 is 10.0 Å². The third-order valence-corrected chi connectivity index (χ3v) is 7.80. The Bertz CT molecular complexity index is 1230. The summed E-state index contributed by atoms with van der Waals surface area (Å²) in [6.07, 6.45) is 5.49. The van der Waals surface area contributed by atoms with E-state index in [1.54, 1.807) is 36.5 Å². The van der Waals surface area contributed by atoms with Crippen LogP contribution in [0.25, 0.3) is 5.69 Å². The fourth-order valence-corrected chi connectivity index (χ4v) is 5.42. The molecule has 1 aromatic heterocycles. The zero-order chi connectivity index (χ0) is 22.7. The van der Waals surface area contributed by atoms with Gasteiger partial charge in [-0.2, -0.15) is 4.31 Å². The van der Waals surface area contributed by atoms with E-state index in [4.69, 9.17) is 4.74 Å². The first-order valence-electron chi connectivity index (χ1n) is 10.1. The summed E-state index contributed by atoms with van der Waals surface area (Å²) in [5, 5.41) is 3.69. The molecular formula is C22H24N4O4S2. The molecule has 1 aliphatic rings. The number of thioether (sulfide) groups is 1. The number of hydrogen-bond acceptors (Lipinski definition) is 6. The fraction of sp³-hybridized carbons (Fsp3) is 0.273. The molecule has 1 N–H and O–H groups in total. The lowest BCUT2D eigenvalue weighted by Crippen LogP contribution is -2.40. The number of carbonyl (C=O) groups excluding carboxylic acids is 1. The first-order valence-corrected chi connectivity index (χ1v) is 12.7. The Kier molecular flexibility index (Phi) is 6.66. The standard InChI is InChI=1S/C22H24N4O4S2/c1-16-6-7-19(32(28,29)25-10-12-30-13-11-25)15-20(16)24-21(27)17-4-3-5-18(14-17)26-9-8-23-22(26)31-2/h3-9,14-15H,10-13H2,1-2H3,(H,24,27). The molecule has 10 heteroatoms. The molecule has 0 radical (unpaired) electrons. The smallest absolute Gasteiger partial charge is 0.255 e. The van der Waals surface area contributed by atoms with Crippen molar-refractivity contribution < 1.29 is 17.9 Å². The van der Waals surface area contributed by atoms with E-state index in [9.17, 15) is 13.2 Å². The minimum Gasteiger partial charge on any atom is -0.379 e. The number of aryl methyl sites for hydroxylation is 1. The molecule has 0 unspecified atom stereocenters. The second-order valence-electron chi connectivity index (χ2n) is 7.28. The highest BCUT2D eigenvalue weighted by molar-refractivity contribution is 7.98. The van der Waals surface area contributed by atoms with Crippen molar-refractivity contribution in [3.05, 3.63) is 66.0 Å². The maximum absolute atomic E-state index is 13.0. The highest BCUT2D eigenvalue weighted by Crippen LogP contribution is 2.25. The van der Waals surface area contributed by atoms with Crippen LogP contribution in [-0.2, 0) is 14.8 Å². The van der Waals surface area contributed by atoms with Crippen LogP contribution in [0.1, 0.15) is 15.9 Å². The molecule has 2 aromatic carbocycles. The number of aromatic nitrogens is 2. The van der Waals surface area contributed by atoms with Crippen LogP contribution in [0.15, 0.2) is 64.9 Å². The van der Waals surface area contributed by atoms with Gasteiger partial charge in [0.25, 0.3) is 5.91 Å². The molecule has 0 saturated carbocycles. The highest BCUT2D eigenvalue weighted by atomic mass is 32.2. The number of ether oxygens (including phenoxy) is 1. The second-order valence-corrected chi connectivity index (χ2v) is 9.99. The third-order valence-electron chi connectivity index (χ3n) is 5.24. The number of sulfonamides is 1. The Morgan fingerprint density at radius 3 is 2.69 bits per heavy atom. The van der Waals surface area contributed by atoms with Gasteiger partial charge >= 0.3 is 0 Å². The Hall–Kier alpha value is -2.66. The minimum absolute atomic E-state index is 0.150. The Balaban J connectivity index is 1.59. The third kappa shape index (κ3) is 4.58. The lowest BCUT2D eigenvalue weighted by Gasteiger charge is -2.26. The van der Waals surface area contributed by atoms with Crippen molar-refractivity contribution in [2.24, 2.45) is 0 Å². The maximum atomic E-state index is 13.0. The fourth-order valence-electron chi connectivity index (χ4n) is 3.46. The molecule has 4 rings (SSSR count). The van der Waals surface area contributed by atoms with Crippen molar-refractivity contribution in [1.29, 1.82) is 0 Å². The summed E-state index contributed by atoms with van der Waals surface area (Å²) in [5.41, 5.74) is 2.51. The van der Waals surface area contributed by atoms with Gasteiger partial charge in [-0.3, -0.25) is 9.36 Å². The molecule has 1 amide bonds. The Morgan fingerprint density at radius 2 is 1.94 bits per heavy atom. The molecule has 0 bridgehead atoms. The number of imidazole rings is 1. The lowest BCUT2D eigenvalue weighted by atomic mass is 10.1. The average molecular weight is 473 g/mol. The van der Waals surface area contributed by atoms with Gasteiger partial charge < -0.3 is 10.1 Å². The molecule has 3 aromatic rings. The molecule has 0 spiro atoms. The van der Waals surface area contributed by atoms with Crippen LogP contribution in [0.4, 0.5) is 5.69 Å². The molecule has 1 aliphatic heterocycles. The molecule has 0 aliphatic carbocycles. The van der Waals surface area contributed by atoms with Crippen molar-refractivity contribution >= 4 is 33.4 Å². The molecule has 1 saturated heterocycles. The van der Waals surface area contributed by atoms with Crippen LogP contribution in [0.5, 0.6) is 0 Å². The van der Waals surface area contributed by atoms with Gasteiger partial charge in [-0.1, -0.05) is 23.9 Å². The minimum atomic E-state index is -3.66. The maximum Gasteiger partial charge on any atom is 0.255 e. The van der Waals surface area contributed by atoms with Crippen molar-refractivity contribution in [2.75, 3.05) is 37.9 Å². The summed E-state index contributed by atoms with van der Waals surface area (Å²) in [6.45, 7) is 3.21. The molecule has 32 heavy (non-hydrogen) atoms. The summed E-state index contributed by atoms with van der Waals surface area (Å²) < 4.78 is 34.5. The summed E-state index contributed by atoms with van der Waals surface area (Å²) in [6, 6.07) is 12.0.